The number of hydrogen-bond acceptors (Lipinski definition) is 6. The van der Waals surface area contributed by atoms with Gasteiger partial charge in [0.25, 0.3) is 0 Å². The Morgan fingerprint density at radius 3 is 2.21 bits per heavy atom. The molecule has 11 heteroatoms. The highest BCUT2D eigenvalue weighted by Crippen LogP contribution is 2.41. The van der Waals surface area contributed by atoms with Crippen molar-refractivity contribution < 1.29 is 23.9 Å². The molecule has 0 spiro atoms. The fourth-order valence-electron chi connectivity index (χ4n) is 5.33. The normalized spacial score (nSPS) is 23.0. The molecule has 9 nitrogen and oxygen atoms in total. The van der Waals surface area contributed by atoms with Crippen LogP contribution in [-0.2, 0) is 14.4 Å². The van der Waals surface area contributed by atoms with Gasteiger partial charge in [0.2, 0.25) is 11.8 Å². The van der Waals surface area contributed by atoms with Gasteiger partial charge in [-0.2, -0.15) is 0 Å². The number of likely N-dealkylation sites (tertiary alicyclic amines) is 1. The number of halogens is 1. The molecule has 3 amide bonds. The van der Waals surface area contributed by atoms with Crippen LogP contribution in [0.2, 0.25) is 0 Å². The minimum atomic E-state index is -2.01. The zero-order chi connectivity index (χ0) is 31.2. The summed E-state index contributed by atoms with van der Waals surface area (Å²) in [7, 11) is 0. The molecule has 2 unspecified atom stereocenters. The minimum Gasteiger partial charge on any atom is -0.388 e. The van der Waals surface area contributed by atoms with Crippen molar-refractivity contribution in [2.45, 2.75) is 97.2 Å². The Kier molecular flexibility index (Phi) is 8.55. The average Bonchev–Trinajstić information content (AvgIpc) is 3.51. The number of aliphatic hydroxyl groups is 1. The first-order valence-corrected chi connectivity index (χ1v) is 15.0. The maximum Gasteiger partial charge on any atom is 0.309 e. The number of amides is 3. The van der Waals surface area contributed by atoms with Gasteiger partial charge in [0, 0.05) is 12.8 Å². The van der Waals surface area contributed by atoms with Crippen LogP contribution in [0.5, 0.6) is 0 Å². The molecule has 1 aromatic carbocycles. The smallest absolute Gasteiger partial charge is 0.309 e. The number of aliphatic hydroxyl groups excluding tert-OH is 1. The summed E-state index contributed by atoms with van der Waals surface area (Å²) < 4.78 is 15.5. The van der Waals surface area contributed by atoms with Crippen molar-refractivity contribution in [1.82, 2.24) is 20.5 Å². The number of nitrogens with zero attached hydrogens (tertiary/aromatic N) is 3. The third-order valence-corrected chi connectivity index (χ3v) is 9.07. The molecule has 2 aliphatic rings. The van der Waals surface area contributed by atoms with E-state index in [0.29, 0.717) is 12.8 Å². The Morgan fingerprint density at radius 1 is 1.12 bits per heavy atom. The number of benzene rings is 1. The number of carbonyl (C=O) groups is 3. The van der Waals surface area contributed by atoms with Crippen LogP contribution in [0.15, 0.2) is 29.8 Å². The van der Waals surface area contributed by atoms with Crippen LogP contribution in [0.3, 0.4) is 0 Å². The van der Waals surface area contributed by atoms with Gasteiger partial charge in [0.15, 0.2) is 6.17 Å². The summed E-state index contributed by atoms with van der Waals surface area (Å²) in [6.07, 6.45) is -2.76. The summed E-state index contributed by atoms with van der Waals surface area (Å²) in [4.78, 5) is 50.4. The molecule has 2 heterocycles. The van der Waals surface area contributed by atoms with E-state index < -0.39 is 71.0 Å². The van der Waals surface area contributed by atoms with Crippen molar-refractivity contribution in [3.05, 3.63) is 52.5 Å². The number of aryl methyl sites for hydroxylation is 1. The Morgan fingerprint density at radius 2 is 1.74 bits per heavy atom. The van der Waals surface area contributed by atoms with E-state index in [1.54, 1.807) is 37.6 Å². The van der Waals surface area contributed by atoms with Crippen molar-refractivity contribution in [1.29, 1.82) is 0 Å². The van der Waals surface area contributed by atoms with E-state index in [1.807, 2.05) is 52.0 Å². The second-order valence-corrected chi connectivity index (χ2v) is 14.4. The molecule has 3 N–H and O–H groups in total. The number of β-amino-alcohol motifs (C(OH)–C–C–N with tert-alkyl or cyclic N) is 1. The lowest BCUT2D eigenvalue weighted by Gasteiger charge is -2.37. The molecule has 0 radical (unpaired) electrons. The topological polar surface area (TPSA) is 116 Å². The Bertz CT molecular complexity index is 1380. The molecule has 4 rings (SSSR count). The Balaban J connectivity index is 1.59. The molecule has 5 atom stereocenters. The van der Waals surface area contributed by atoms with E-state index in [0.717, 1.165) is 26.6 Å². The van der Waals surface area contributed by atoms with Gasteiger partial charge in [0.05, 0.1) is 28.7 Å². The molecule has 2 aromatic rings. The SMILES string of the molecule is [C-]#[N+]C1(C(=O)N[C@H](C(=O)N2C[C@H](O)[C@H](F)C2C(=O)NC(c2ccc(-c3scnc3C)cc2)C(C)(C)C)C(C)(C)C)CC1. The van der Waals surface area contributed by atoms with E-state index in [-0.39, 0.29) is 0 Å². The van der Waals surface area contributed by atoms with Crippen molar-refractivity contribution in [2.75, 3.05) is 6.54 Å². The van der Waals surface area contributed by atoms with Gasteiger partial charge in [-0.3, -0.25) is 19.2 Å². The Hall–Kier alpha value is -3.36. The van der Waals surface area contributed by atoms with Crippen LogP contribution in [0.1, 0.15) is 71.7 Å². The van der Waals surface area contributed by atoms with Crippen LogP contribution in [0.25, 0.3) is 15.3 Å². The van der Waals surface area contributed by atoms with Gasteiger partial charge in [-0.1, -0.05) is 65.8 Å². The molecule has 1 aliphatic heterocycles. The van der Waals surface area contributed by atoms with Crippen LogP contribution < -0.4 is 10.6 Å². The van der Waals surface area contributed by atoms with Gasteiger partial charge < -0.3 is 20.6 Å². The van der Waals surface area contributed by atoms with Gasteiger partial charge in [0.1, 0.15) is 18.2 Å². The average molecular weight is 598 g/mol. The van der Waals surface area contributed by atoms with E-state index >= 15 is 4.39 Å². The van der Waals surface area contributed by atoms with E-state index in [1.165, 1.54) is 0 Å². The highest BCUT2D eigenvalue weighted by atomic mass is 32.1. The van der Waals surface area contributed by atoms with Gasteiger partial charge in [-0.15, -0.1) is 11.3 Å². The van der Waals surface area contributed by atoms with E-state index in [9.17, 15) is 19.5 Å². The van der Waals surface area contributed by atoms with Crippen LogP contribution in [0, 0.1) is 24.3 Å². The Labute approximate surface area is 250 Å². The first-order chi connectivity index (χ1) is 19.5. The second kappa shape index (κ2) is 11.4. The maximum absolute atomic E-state index is 15.5. The zero-order valence-corrected chi connectivity index (χ0v) is 26.0. The lowest BCUT2D eigenvalue weighted by atomic mass is 9.81. The number of nitrogens with one attached hydrogen (secondary N) is 2. The van der Waals surface area contributed by atoms with Crippen LogP contribution in [-0.4, -0.2) is 69.2 Å². The molecule has 2 fully saturated rings. The molecule has 1 aromatic heterocycles. The number of alkyl halides is 1. The van der Waals surface area contributed by atoms with Gasteiger partial charge in [-0.25, -0.2) is 15.9 Å². The fraction of sp³-hybridized carbons (Fsp3) is 0.581. The summed E-state index contributed by atoms with van der Waals surface area (Å²) in [6, 6.07) is 4.50. The predicted octanol–water partition coefficient (Wildman–Crippen LogP) is 4.21. The summed E-state index contributed by atoms with van der Waals surface area (Å²) in [6.45, 7) is 20.0. The lowest BCUT2D eigenvalue weighted by Crippen LogP contribution is -2.60. The summed E-state index contributed by atoms with van der Waals surface area (Å²) >= 11 is 1.54. The van der Waals surface area contributed by atoms with Crippen molar-refractivity contribution in [3.8, 4) is 10.4 Å². The summed E-state index contributed by atoms with van der Waals surface area (Å²) in [5.41, 5.74) is 2.06. The van der Waals surface area contributed by atoms with Crippen LogP contribution in [0.4, 0.5) is 4.39 Å². The quantitative estimate of drug-likeness (QED) is 0.414. The molecule has 42 heavy (non-hydrogen) atoms. The number of aromatic nitrogens is 1. The molecular formula is C31H40FN5O4S. The maximum atomic E-state index is 15.5. The van der Waals surface area contributed by atoms with Crippen molar-refractivity contribution in [3.63, 3.8) is 0 Å². The summed E-state index contributed by atoms with van der Waals surface area (Å²) in [5, 5.41) is 16.1. The largest absolute Gasteiger partial charge is 0.388 e. The van der Waals surface area contributed by atoms with Crippen LogP contribution >= 0.6 is 11.3 Å². The lowest BCUT2D eigenvalue weighted by molar-refractivity contribution is -0.145. The molecular weight excluding hydrogens is 557 g/mol. The molecule has 0 bridgehead atoms. The van der Waals surface area contributed by atoms with Gasteiger partial charge in [-0.05, 0) is 28.9 Å². The third-order valence-electron chi connectivity index (χ3n) is 8.09. The highest BCUT2D eigenvalue weighted by molar-refractivity contribution is 7.13. The third kappa shape index (κ3) is 6.20. The molecule has 1 aliphatic carbocycles. The number of rotatable bonds is 7. The molecule has 226 valence electrons. The van der Waals surface area contributed by atoms with E-state index in [2.05, 4.69) is 20.5 Å². The predicted molar refractivity (Wildman–Crippen MR) is 159 cm³/mol. The fourth-order valence-corrected chi connectivity index (χ4v) is 6.14. The standard InChI is InChI=1S/C31H40FN5O4S/c1-17-23(42-16-34-17)18-9-11-19(12-10-18)24(29(2,3)4)35-26(39)22-21(32)20(38)15-37(22)27(40)25(30(5,6)7)36-28(41)31(33-8)13-14-31/h9-12,16,20-22,24-25,38H,13-15H2,1-7H3,(H,35,39)(H,36,41)/t20-,21-,22?,24?,25+/m0/s1. The number of thiazole rings is 1. The first kappa shape index (κ1) is 31.6. The minimum absolute atomic E-state index is 0.391. The second-order valence-electron chi connectivity index (χ2n) is 13.6. The number of hydrogen-bond donors (Lipinski definition) is 3. The van der Waals surface area contributed by atoms with Crippen molar-refractivity contribution in [2.24, 2.45) is 10.8 Å². The highest BCUT2D eigenvalue weighted by Gasteiger charge is 2.60. The zero-order valence-electron chi connectivity index (χ0n) is 25.2. The number of carbonyl (C=O) groups excluding carboxylic acids is 3. The summed E-state index contributed by atoms with van der Waals surface area (Å²) in [5.74, 6) is -1.95. The molecule has 1 saturated heterocycles. The first-order valence-electron chi connectivity index (χ1n) is 14.1. The van der Waals surface area contributed by atoms with Crippen molar-refractivity contribution >= 4 is 29.1 Å². The molecule has 1 saturated carbocycles. The van der Waals surface area contributed by atoms with E-state index in [4.69, 9.17) is 6.57 Å². The monoisotopic (exact) mass is 597 g/mol. The van der Waals surface area contributed by atoms with Gasteiger partial charge >= 0.3 is 11.4 Å².